The van der Waals surface area contributed by atoms with Gasteiger partial charge in [-0.3, -0.25) is 4.79 Å². The number of hydrogen-bond donors (Lipinski definition) is 1. The third kappa shape index (κ3) is 4.34. The number of hydrogen-bond acceptors (Lipinski definition) is 5. The second-order valence-corrected chi connectivity index (χ2v) is 9.73. The van der Waals surface area contributed by atoms with Crippen LogP contribution >= 0.6 is 0 Å². The molecule has 0 aliphatic carbocycles. The first-order valence-electron chi connectivity index (χ1n) is 10.6. The van der Waals surface area contributed by atoms with E-state index in [-0.39, 0.29) is 10.8 Å². The van der Waals surface area contributed by atoms with E-state index in [1.54, 1.807) is 36.5 Å². The zero-order chi connectivity index (χ0) is 21.0. The maximum atomic E-state index is 13.0. The lowest BCUT2D eigenvalue weighted by Crippen LogP contribution is -2.45. The Balaban J connectivity index is 1.46. The molecule has 0 bridgehead atoms. The van der Waals surface area contributed by atoms with Gasteiger partial charge >= 0.3 is 0 Å². The normalized spacial score (nSPS) is 20.3. The number of aromatic nitrogens is 1. The number of piperidine rings is 1. The van der Waals surface area contributed by atoms with Gasteiger partial charge in [0.1, 0.15) is 11.9 Å². The summed E-state index contributed by atoms with van der Waals surface area (Å²) in [6.45, 7) is 2.66. The summed E-state index contributed by atoms with van der Waals surface area (Å²) in [5, 5.41) is 2.96. The van der Waals surface area contributed by atoms with Crippen molar-refractivity contribution >= 4 is 21.7 Å². The highest BCUT2D eigenvalue weighted by Crippen LogP contribution is 2.27. The van der Waals surface area contributed by atoms with Crippen molar-refractivity contribution in [3.63, 3.8) is 0 Å². The molecule has 1 aromatic heterocycles. The fourth-order valence-electron chi connectivity index (χ4n) is 4.28. The van der Waals surface area contributed by atoms with Crippen LogP contribution in [0.4, 0.5) is 5.82 Å². The number of pyridine rings is 1. The average Bonchev–Trinajstić information content (AvgIpc) is 3.30. The summed E-state index contributed by atoms with van der Waals surface area (Å²) in [6, 6.07) is 11.5. The van der Waals surface area contributed by atoms with Crippen LogP contribution in [0.1, 0.15) is 37.7 Å². The molecule has 1 amide bonds. The molecule has 160 valence electrons. The summed E-state index contributed by atoms with van der Waals surface area (Å²) in [5.74, 6) is 0.665. The zero-order valence-electron chi connectivity index (χ0n) is 17.0. The molecule has 3 heterocycles. The van der Waals surface area contributed by atoms with Crippen molar-refractivity contribution in [2.75, 3.05) is 24.5 Å². The molecule has 0 saturated carbocycles. The first-order valence-corrected chi connectivity index (χ1v) is 12.0. The number of rotatable bonds is 6. The van der Waals surface area contributed by atoms with E-state index in [0.29, 0.717) is 25.9 Å². The van der Waals surface area contributed by atoms with Crippen molar-refractivity contribution in [1.82, 2.24) is 14.6 Å². The summed E-state index contributed by atoms with van der Waals surface area (Å²) in [4.78, 5) is 20.0. The topological polar surface area (TPSA) is 82.6 Å². The van der Waals surface area contributed by atoms with Gasteiger partial charge in [-0.15, -0.1) is 0 Å². The summed E-state index contributed by atoms with van der Waals surface area (Å²) < 4.78 is 27.4. The van der Waals surface area contributed by atoms with E-state index < -0.39 is 16.1 Å². The van der Waals surface area contributed by atoms with E-state index in [4.69, 9.17) is 0 Å². The lowest BCUT2D eigenvalue weighted by Gasteiger charge is -2.29. The Morgan fingerprint density at radius 2 is 1.77 bits per heavy atom. The van der Waals surface area contributed by atoms with Gasteiger partial charge < -0.3 is 10.2 Å². The minimum absolute atomic E-state index is 0.226. The van der Waals surface area contributed by atoms with Crippen LogP contribution in [0.3, 0.4) is 0 Å². The van der Waals surface area contributed by atoms with E-state index in [1.807, 2.05) is 12.1 Å². The van der Waals surface area contributed by atoms with E-state index in [0.717, 1.165) is 37.3 Å². The van der Waals surface area contributed by atoms with Crippen LogP contribution in [0.2, 0.25) is 0 Å². The Labute approximate surface area is 178 Å². The highest BCUT2D eigenvalue weighted by atomic mass is 32.2. The number of amides is 1. The lowest BCUT2D eigenvalue weighted by molar-refractivity contribution is -0.124. The largest absolute Gasteiger partial charge is 0.356 e. The molecule has 2 aliphatic rings. The summed E-state index contributed by atoms with van der Waals surface area (Å²) in [6.07, 6.45) is 6.52. The van der Waals surface area contributed by atoms with Crippen LogP contribution in [0.15, 0.2) is 53.6 Å². The Kier molecular flexibility index (Phi) is 6.34. The summed E-state index contributed by atoms with van der Waals surface area (Å²) in [5.41, 5.74) is 0.961. The highest BCUT2D eigenvalue weighted by molar-refractivity contribution is 7.89. The van der Waals surface area contributed by atoms with Gasteiger partial charge in [-0.1, -0.05) is 24.3 Å². The van der Waals surface area contributed by atoms with Crippen LogP contribution in [-0.2, 0) is 21.4 Å². The summed E-state index contributed by atoms with van der Waals surface area (Å²) in [7, 11) is -3.69. The number of nitrogens with one attached hydrogen (secondary N) is 1. The maximum absolute atomic E-state index is 13.0. The molecule has 1 unspecified atom stereocenters. The van der Waals surface area contributed by atoms with E-state index in [2.05, 4.69) is 15.2 Å². The van der Waals surface area contributed by atoms with Gasteiger partial charge in [0, 0.05) is 37.9 Å². The molecule has 1 aromatic carbocycles. The van der Waals surface area contributed by atoms with E-state index in [9.17, 15) is 13.2 Å². The van der Waals surface area contributed by atoms with E-state index >= 15 is 0 Å². The molecule has 7 nitrogen and oxygen atoms in total. The number of carbonyl (C=O) groups excluding carboxylic acids is 1. The van der Waals surface area contributed by atoms with Crippen LogP contribution in [0.25, 0.3) is 0 Å². The minimum atomic E-state index is -3.69. The molecule has 0 spiro atoms. The van der Waals surface area contributed by atoms with Gasteiger partial charge in [-0.05, 0) is 50.3 Å². The number of nitrogens with zero attached hydrogens (tertiary/aromatic N) is 3. The average molecular weight is 429 g/mol. The predicted molar refractivity (Wildman–Crippen MR) is 116 cm³/mol. The molecule has 0 radical (unpaired) electrons. The van der Waals surface area contributed by atoms with Crippen molar-refractivity contribution < 1.29 is 13.2 Å². The van der Waals surface area contributed by atoms with Crippen molar-refractivity contribution in [3.05, 3.63) is 54.2 Å². The predicted octanol–water partition coefficient (Wildman–Crippen LogP) is 2.54. The lowest BCUT2D eigenvalue weighted by atomic mass is 10.1. The van der Waals surface area contributed by atoms with Gasteiger partial charge in [0.05, 0.1) is 4.90 Å². The second kappa shape index (κ2) is 9.14. The van der Waals surface area contributed by atoms with Gasteiger partial charge in [0.15, 0.2) is 0 Å². The maximum Gasteiger partial charge on any atom is 0.243 e. The Morgan fingerprint density at radius 3 is 2.53 bits per heavy atom. The van der Waals surface area contributed by atoms with Crippen molar-refractivity contribution in [1.29, 1.82) is 0 Å². The summed E-state index contributed by atoms with van der Waals surface area (Å²) >= 11 is 0. The fraction of sp³-hybridized carbons (Fsp3) is 0.455. The molecule has 8 heteroatoms. The van der Waals surface area contributed by atoms with Crippen molar-refractivity contribution in [3.8, 4) is 0 Å². The monoisotopic (exact) mass is 428 g/mol. The van der Waals surface area contributed by atoms with Gasteiger partial charge in [0.2, 0.25) is 15.9 Å². The first-order chi connectivity index (χ1) is 14.6. The Morgan fingerprint density at radius 1 is 1.00 bits per heavy atom. The second-order valence-electron chi connectivity index (χ2n) is 7.84. The van der Waals surface area contributed by atoms with Crippen LogP contribution < -0.4 is 10.2 Å². The Bertz CT molecular complexity index is 975. The smallest absolute Gasteiger partial charge is 0.243 e. The molecule has 2 fully saturated rings. The van der Waals surface area contributed by atoms with E-state index in [1.165, 1.54) is 10.7 Å². The number of sulfonamides is 1. The first kappa shape index (κ1) is 20.8. The third-order valence-electron chi connectivity index (χ3n) is 5.83. The molecular formula is C22H28N4O3S. The molecule has 2 saturated heterocycles. The minimum Gasteiger partial charge on any atom is -0.356 e. The molecule has 2 aliphatic heterocycles. The van der Waals surface area contributed by atoms with Gasteiger partial charge in [-0.2, -0.15) is 4.31 Å². The van der Waals surface area contributed by atoms with Crippen molar-refractivity contribution in [2.45, 2.75) is 49.6 Å². The molecule has 4 rings (SSSR count). The number of anilines is 1. The zero-order valence-corrected chi connectivity index (χ0v) is 17.9. The van der Waals surface area contributed by atoms with Gasteiger partial charge in [0.25, 0.3) is 0 Å². The quantitative estimate of drug-likeness (QED) is 0.765. The standard InChI is InChI=1S/C22H28N4O3S/c27-22(20-12-8-16-26(20)30(28,29)19-10-3-1-4-11-19)24-17-18-9-7-13-23-21(18)25-14-5-2-6-15-25/h1,3-4,7,9-11,13,20H,2,5-6,8,12,14-17H2,(H,24,27). The van der Waals surface area contributed by atoms with Crippen molar-refractivity contribution in [2.24, 2.45) is 0 Å². The number of benzene rings is 1. The molecule has 1 N–H and O–H groups in total. The molecular weight excluding hydrogens is 400 g/mol. The third-order valence-corrected chi connectivity index (χ3v) is 7.75. The Hall–Kier alpha value is -2.45. The number of carbonyl (C=O) groups is 1. The van der Waals surface area contributed by atoms with Crippen LogP contribution in [0.5, 0.6) is 0 Å². The fourth-order valence-corrected chi connectivity index (χ4v) is 5.95. The SMILES string of the molecule is O=C(NCc1cccnc1N1CCCCC1)C1CCCN1S(=O)(=O)c1ccccc1. The molecule has 2 aromatic rings. The van der Waals surface area contributed by atoms with Gasteiger partial charge in [-0.25, -0.2) is 13.4 Å². The molecule has 30 heavy (non-hydrogen) atoms. The highest BCUT2D eigenvalue weighted by Gasteiger charge is 2.39. The van der Waals surface area contributed by atoms with Crippen LogP contribution in [0, 0.1) is 0 Å². The van der Waals surface area contributed by atoms with Crippen LogP contribution in [-0.4, -0.2) is 49.3 Å². The molecule has 1 atom stereocenters.